The first kappa shape index (κ1) is 20.9. The average Bonchev–Trinajstić information content (AvgIpc) is 3.22. The first-order valence-electron chi connectivity index (χ1n) is 9.80. The first-order chi connectivity index (χ1) is 14.8. The van der Waals surface area contributed by atoms with Gasteiger partial charge in [-0.25, -0.2) is 0 Å². The second-order valence-corrected chi connectivity index (χ2v) is 7.20. The number of rotatable bonds is 5. The molecule has 164 valence electrons. The number of hydrogen-bond donors (Lipinski definition) is 0. The molecule has 31 heavy (non-hydrogen) atoms. The van der Waals surface area contributed by atoms with Crippen LogP contribution >= 0.6 is 0 Å². The molecule has 1 aromatic carbocycles. The van der Waals surface area contributed by atoms with Gasteiger partial charge in [-0.3, -0.25) is 4.79 Å². The summed E-state index contributed by atoms with van der Waals surface area (Å²) in [4.78, 5) is 16.2. The van der Waals surface area contributed by atoms with Crippen LogP contribution in [0.4, 0.5) is 19.0 Å². The number of ether oxygens (including phenoxy) is 1. The highest BCUT2D eigenvalue weighted by Crippen LogP contribution is 2.28. The molecule has 0 saturated carbocycles. The summed E-state index contributed by atoms with van der Waals surface area (Å²) in [7, 11) is 1.60. The van der Waals surface area contributed by atoms with Crippen molar-refractivity contribution in [2.75, 3.05) is 38.2 Å². The molecule has 3 heterocycles. The number of piperazine rings is 1. The van der Waals surface area contributed by atoms with E-state index in [-0.39, 0.29) is 11.6 Å². The number of aryl methyl sites for hydroxylation is 1. The lowest BCUT2D eigenvalue weighted by Gasteiger charge is -2.35. The number of fused-ring (bicyclic) bond motifs is 1. The van der Waals surface area contributed by atoms with Gasteiger partial charge in [0.05, 0.1) is 7.11 Å². The second-order valence-electron chi connectivity index (χ2n) is 7.20. The van der Waals surface area contributed by atoms with Crippen LogP contribution in [0.15, 0.2) is 36.4 Å². The molecular weight excluding hydrogens is 413 g/mol. The lowest BCUT2D eigenvalue weighted by Crippen LogP contribution is -2.49. The van der Waals surface area contributed by atoms with Gasteiger partial charge in [0.1, 0.15) is 11.6 Å². The number of methoxy groups -OCH3 is 1. The Balaban J connectivity index is 1.35. The standard InChI is InChI=1S/C20H21F3N6O2/c1-31-15-5-2-14(3-6-15)4-9-18(30)28-12-10-27(11-13-28)17-8-7-16-24-25-19(20(21,22)23)29(16)26-17/h2-3,5-8H,4,9-13H2,1H3. The number of carbonyl (C=O) groups excluding carboxylic acids is 1. The molecule has 11 heteroatoms. The van der Waals surface area contributed by atoms with Crippen LogP contribution in [0.5, 0.6) is 5.75 Å². The molecular formula is C20H21F3N6O2. The molecule has 3 aromatic rings. The summed E-state index contributed by atoms with van der Waals surface area (Å²) in [6.07, 6.45) is -3.61. The van der Waals surface area contributed by atoms with E-state index in [1.54, 1.807) is 18.1 Å². The average molecular weight is 434 g/mol. The maximum Gasteiger partial charge on any atom is 0.453 e. The smallest absolute Gasteiger partial charge is 0.453 e. The Bertz CT molecular complexity index is 1060. The van der Waals surface area contributed by atoms with E-state index in [2.05, 4.69) is 15.3 Å². The number of halogens is 3. The molecule has 2 aromatic heterocycles. The van der Waals surface area contributed by atoms with Gasteiger partial charge in [0, 0.05) is 32.6 Å². The Morgan fingerprint density at radius 3 is 2.39 bits per heavy atom. The molecule has 0 spiro atoms. The van der Waals surface area contributed by atoms with Gasteiger partial charge >= 0.3 is 6.18 Å². The van der Waals surface area contributed by atoms with Crippen molar-refractivity contribution in [3.63, 3.8) is 0 Å². The Morgan fingerprint density at radius 1 is 1.03 bits per heavy atom. The molecule has 4 rings (SSSR count). The summed E-state index contributed by atoms with van der Waals surface area (Å²) in [6.45, 7) is 1.93. The highest BCUT2D eigenvalue weighted by Gasteiger charge is 2.38. The minimum atomic E-state index is -4.64. The highest BCUT2D eigenvalue weighted by molar-refractivity contribution is 5.76. The van der Waals surface area contributed by atoms with Crippen LogP contribution in [0.2, 0.25) is 0 Å². The molecule has 0 bridgehead atoms. The largest absolute Gasteiger partial charge is 0.497 e. The molecule has 0 atom stereocenters. The molecule has 1 aliphatic rings. The van der Waals surface area contributed by atoms with Gasteiger partial charge in [-0.1, -0.05) is 12.1 Å². The Labute approximate surface area is 176 Å². The minimum Gasteiger partial charge on any atom is -0.497 e. The van der Waals surface area contributed by atoms with Crippen molar-refractivity contribution < 1.29 is 22.7 Å². The Hall–Kier alpha value is -3.37. The van der Waals surface area contributed by atoms with E-state index in [1.807, 2.05) is 29.2 Å². The number of anilines is 1. The molecule has 0 N–H and O–H groups in total. The molecule has 0 unspecified atom stereocenters. The fourth-order valence-corrected chi connectivity index (χ4v) is 3.51. The van der Waals surface area contributed by atoms with E-state index in [1.165, 1.54) is 6.07 Å². The lowest BCUT2D eigenvalue weighted by molar-refractivity contribution is -0.146. The van der Waals surface area contributed by atoms with Crippen LogP contribution in [-0.4, -0.2) is 63.9 Å². The molecule has 0 aliphatic carbocycles. The SMILES string of the molecule is COc1ccc(CCC(=O)N2CCN(c3ccc4nnc(C(F)(F)F)n4n3)CC2)cc1. The number of alkyl halides is 3. The summed E-state index contributed by atoms with van der Waals surface area (Å²) >= 11 is 0. The zero-order valence-electron chi connectivity index (χ0n) is 16.8. The highest BCUT2D eigenvalue weighted by atomic mass is 19.4. The van der Waals surface area contributed by atoms with E-state index in [0.717, 1.165) is 11.3 Å². The summed E-state index contributed by atoms with van der Waals surface area (Å²) in [6, 6.07) is 10.7. The third-order valence-electron chi connectivity index (χ3n) is 5.25. The molecule has 1 fully saturated rings. The number of carbonyl (C=O) groups is 1. The zero-order valence-corrected chi connectivity index (χ0v) is 16.8. The lowest BCUT2D eigenvalue weighted by atomic mass is 10.1. The second kappa shape index (κ2) is 8.40. The fraction of sp³-hybridized carbons (Fsp3) is 0.400. The van der Waals surface area contributed by atoms with E-state index in [4.69, 9.17) is 4.74 Å². The van der Waals surface area contributed by atoms with Gasteiger partial charge in [-0.05, 0) is 36.2 Å². The first-order valence-corrected chi connectivity index (χ1v) is 9.80. The van der Waals surface area contributed by atoms with Crippen molar-refractivity contribution in [2.45, 2.75) is 19.0 Å². The molecule has 8 nitrogen and oxygen atoms in total. The predicted octanol–water partition coefficient (Wildman–Crippen LogP) is 2.43. The summed E-state index contributed by atoms with van der Waals surface area (Å²) in [5.74, 6) is 0.0590. The van der Waals surface area contributed by atoms with Crippen molar-refractivity contribution in [3.05, 3.63) is 47.8 Å². The van der Waals surface area contributed by atoms with Crippen LogP contribution in [0.25, 0.3) is 5.65 Å². The van der Waals surface area contributed by atoms with Crippen molar-refractivity contribution in [1.29, 1.82) is 0 Å². The molecule has 1 saturated heterocycles. The van der Waals surface area contributed by atoms with E-state index >= 15 is 0 Å². The molecule has 1 amide bonds. The Kier molecular flexibility index (Phi) is 5.66. The quantitative estimate of drug-likeness (QED) is 0.614. The molecule has 0 radical (unpaired) electrons. The van der Waals surface area contributed by atoms with Gasteiger partial charge in [0.2, 0.25) is 5.91 Å². The van der Waals surface area contributed by atoms with Crippen molar-refractivity contribution in [2.24, 2.45) is 0 Å². The van der Waals surface area contributed by atoms with E-state index in [0.29, 0.717) is 49.4 Å². The van der Waals surface area contributed by atoms with Gasteiger partial charge in [-0.2, -0.15) is 17.7 Å². The maximum atomic E-state index is 13.1. The van der Waals surface area contributed by atoms with Crippen molar-refractivity contribution in [1.82, 2.24) is 24.7 Å². The van der Waals surface area contributed by atoms with E-state index in [9.17, 15) is 18.0 Å². The van der Waals surface area contributed by atoms with Crippen LogP contribution in [0, 0.1) is 0 Å². The van der Waals surface area contributed by atoms with Crippen molar-refractivity contribution >= 4 is 17.4 Å². The summed E-state index contributed by atoms with van der Waals surface area (Å²) in [5.41, 5.74) is 1.09. The monoisotopic (exact) mass is 434 g/mol. The fourth-order valence-electron chi connectivity index (χ4n) is 3.51. The normalized spacial score (nSPS) is 14.8. The number of nitrogens with zero attached hydrogens (tertiary/aromatic N) is 6. The van der Waals surface area contributed by atoms with Crippen molar-refractivity contribution in [3.8, 4) is 5.75 Å². The number of aromatic nitrogens is 4. The number of hydrogen-bond acceptors (Lipinski definition) is 6. The van der Waals surface area contributed by atoms with Crippen LogP contribution in [0.1, 0.15) is 17.8 Å². The third-order valence-corrected chi connectivity index (χ3v) is 5.25. The zero-order chi connectivity index (χ0) is 22.0. The van der Waals surface area contributed by atoms with Crippen LogP contribution < -0.4 is 9.64 Å². The van der Waals surface area contributed by atoms with Gasteiger partial charge in [0.15, 0.2) is 5.65 Å². The van der Waals surface area contributed by atoms with Gasteiger partial charge in [-0.15, -0.1) is 15.3 Å². The topological polar surface area (TPSA) is 75.9 Å². The number of benzene rings is 1. The summed E-state index contributed by atoms with van der Waals surface area (Å²) < 4.78 is 45.1. The third kappa shape index (κ3) is 4.54. The summed E-state index contributed by atoms with van der Waals surface area (Å²) in [5, 5.41) is 10.8. The maximum absolute atomic E-state index is 13.1. The Morgan fingerprint density at radius 2 is 1.74 bits per heavy atom. The van der Waals surface area contributed by atoms with Crippen LogP contribution in [-0.2, 0) is 17.4 Å². The van der Waals surface area contributed by atoms with E-state index < -0.39 is 12.0 Å². The predicted molar refractivity (Wildman–Crippen MR) is 106 cm³/mol. The van der Waals surface area contributed by atoms with Crippen LogP contribution in [0.3, 0.4) is 0 Å². The van der Waals surface area contributed by atoms with Gasteiger partial charge < -0.3 is 14.5 Å². The van der Waals surface area contributed by atoms with Gasteiger partial charge in [0.25, 0.3) is 5.82 Å². The minimum absolute atomic E-state index is 0.0309. The number of amides is 1. The molecule has 1 aliphatic heterocycles.